The molecular weight excluding hydrogens is 533 g/mol. The van der Waals surface area contributed by atoms with Gasteiger partial charge >= 0.3 is 6.09 Å². The van der Waals surface area contributed by atoms with Crippen LogP contribution in [0.25, 0.3) is 22.2 Å². The molecule has 1 aliphatic carbocycles. The fourth-order valence-corrected chi connectivity index (χ4v) is 5.40. The first-order valence-corrected chi connectivity index (χ1v) is 14.3. The smallest absolute Gasteiger partial charge is 0.412 e. The van der Waals surface area contributed by atoms with E-state index in [-0.39, 0.29) is 5.82 Å². The van der Waals surface area contributed by atoms with Gasteiger partial charge in [0.2, 0.25) is 0 Å². The minimum atomic E-state index is -0.583. The molecule has 2 heterocycles. The molecule has 0 aliphatic heterocycles. The molecule has 1 amide bonds. The van der Waals surface area contributed by atoms with Crippen molar-refractivity contribution in [1.82, 2.24) is 14.3 Å². The fraction of sp³-hybridized carbons (Fsp3) is 0.273. The Morgan fingerprint density at radius 2 is 1.90 bits per heavy atom. The third kappa shape index (κ3) is 5.81. The maximum Gasteiger partial charge on any atom is 0.412 e. The van der Waals surface area contributed by atoms with Crippen LogP contribution in [0.4, 0.5) is 20.6 Å². The number of aryl methyl sites for hydroxylation is 1. The lowest BCUT2D eigenvalue weighted by atomic mass is 9.92. The van der Waals surface area contributed by atoms with E-state index >= 15 is 0 Å². The number of anilines is 2. The largest absolute Gasteiger partial charge is 0.493 e. The van der Waals surface area contributed by atoms with Gasteiger partial charge < -0.3 is 19.8 Å². The van der Waals surface area contributed by atoms with Crippen LogP contribution < -0.4 is 15.8 Å². The van der Waals surface area contributed by atoms with Crippen LogP contribution in [0.3, 0.4) is 0 Å². The standard InChI is InChI=1S/C33H34FN5O3/c1-22(23-7-11-25(34)12-8-23)42-33(40)37-26-13-9-24(10-14-26)32-31(35)29-16-15-28(21-30(29)39(32)27-5-2-6-27)41-20-4-19-38-18-3-17-36-38/h3,7-18,21-22,27H,2,4-6,19-20,35H2,1H3,(H,37,40). The number of aromatic nitrogens is 3. The number of nitrogens with one attached hydrogen (secondary N) is 1. The summed E-state index contributed by atoms with van der Waals surface area (Å²) in [6.45, 7) is 3.15. The molecule has 42 heavy (non-hydrogen) atoms. The summed E-state index contributed by atoms with van der Waals surface area (Å²) in [6, 6.07) is 21.9. The second kappa shape index (κ2) is 12.0. The second-order valence-corrected chi connectivity index (χ2v) is 10.7. The van der Waals surface area contributed by atoms with E-state index in [1.54, 1.807) is 25.3 Å². The van der Waals surface area contributed by atoms with Gasteiger partial charge in [-0.05, 0) is 74.2 Å². The van der Waals surface area contributed by atoms with E-state index in [0.717, 1.165) is 59.4 Å². The van der Waals surface area contributed by atoms with E-state index in [0.29, 0.717) is 23.9 Å². The number of hydrogen-bond acceptors (Lipinski definition) is 5. The predicted molar refractivity (Wildman–Crippen MR) is 162 cm³/mol. The van der Waals surface area contributed by atoms with Crippen molar-refractivity contribution in [2.24, 2.45) is 0 Å². The fourth-order valence-electron chi connectivity index (χ4n) is 5.40. The average Bonchev–Trinajstić information content (AvgIpc) is 3.57. The Labute approximate surface area is 243 Å². The minimum Gasteiger partial charge on any atom is -0.493 e. The van der Waals surface area contributed by atoms with Crippen molar-refractivity contribution in [2.75, 3.05) is 17.7 Å². The molecule has 1 atom stereocenters. The van der Waals surface area contributed by atoms with Crippen molar-refractivity contribution >= 4 is 28.4 Å². The van der Waals surface area contributed by atoms with Crippen LogP contribution in [-0.4, -0.2) is 27.0 Å². The van der Waals surface area contributed by atoms with Crippen molar-refractivity contribution < 1.29 is 18.7 Å². The first-order chi connectivity index (χ1) is 20.5. The molecule has 1 saturated carbocycles. The number of halogens is 1. The van der Waals surface area contributed by atoms with Crippen LogP contribution in [0.5, 0.6) is 5.75 Å². The van der Waals surface area contributed by atoms with Gasteiger partial charge in [-0.1, -0.05) is 24.3 Å². The quantitative estimate of drug-likeness (QED) is 0.168. The van der Waals surface area contributed by atoms with E-state index in [4.69, 9.17) is 15.2 Å². The van der Waals surface area contributed by atoms with Crippen molar-refractivity contribution in [3.05, 3.63) is 96.6 Å². The first-order valence-electron chi connectivity index (χ1n) is 14.3. The minimum absolute atomic E-state index is 0.335. The lowest BCUT2D eigenvalue weighted by Gasteiger charge is -2.30. The molecule has 2 aromatic heterocycles. The van der Waals surface area contributed by atoms with Gasteiger partial charge in [-0.25, -0.2) is 9.18 Å². The van der Waals surface area contributed by atoms with Gasteiger partial charge in [0, 0.05) is 54.1 Å². The predicted octanol–water partition coefficient (Wildman–Crippen LogP) is 7.73. The van der Waals surface area contributed by atoms with E-state index in [2.05, 4.69) is 21.0 Å². The van der Waals surface area contributed by atoms with Gasteiger partial charge in [0.15, 0.2) is 0 Å². The summed E-state index contributed by atoms with van der Waals surface area (Å²) in [4.78, 5) is 12.5. The molecule has 8 nitrogen and oxygen atoms in total. The number of fused-ring (bicyclic) bond motifs is 1. The molecule has 216 valence electrons. The third-order valence-corrected chi connectivity index (χ3v) is 7.84. The van der Waals surface area contributed by atoms with Gasteiger partial charge in [0.05, 0.1) is 23.5 Å². The van der Waals surface area contributed by atoms with Crippen LogP contribution in [-0.2, 0) is 11.3 Å². The number of carbonyl (C=O) groups excluding carboxylic acids is 1. The summed E-state index contributed by atoms with van der Waals surface area (Å²) in [5.74, 6) is 0.485. The molecular formula is C33H34FN5O3. The molecule has 3 aromatic carbocycles. The highest BCUT2D eigenvalue weighted by atomic mass is 19.1. The van der Waals surface area contributed by atoms with Crippen molar-refractivity contribution in [2.45, 2.75) is 51.3 Å². The van der Waals surface area contributed by atoms with E-state index in [1.165, 1.54) is 18.6 Å². The van der Waals surface area contributed by atoms with E-state index in [9.17, 15) is 9.18 Å². The Bertz CT molecular complexity index is 1660. The summed E-state index contributed by atoms with van der Waals surface area (Å²) in [6.07, 6.45) is 6.87. The molecule has 5 aromatic rings. The van der Waals surface area contributed by atoms with Crippen LogP contribution in [0.1, 0.15) is 50.3 Å². The van der Waals surface area contributed by atoms with E-state index in [1.807, 2.05) is 53.3 Å². The van der Waals surface area contributed by atoms with Crippen LogP contribution in [0, 0.1) is 5.82 Å². The van der Waals surface area contributed by atoms with Gasteiger partial charge in [-0.15, -0.1) is 0 Å². The molecule has 0 radical (unpaired) electrons. The van der Waals surface area contributed by atoms with Crippen molar-refractivity contribution in [3.8, 4) is 17.0 Å². The highest BCUT2D eigenvalue weighted by Gasteiger charge is 2.27. The van der Waals surface area contributed by atoms with Crippen LogP contribution in [0.2, 0.25) is 0 Å². The Balaban J connectivity index is 1.18. The van der Waals surface area contributed by atoms with E-state index < -0.39 is 12.2 Å². The molecule has 9 heteroatoms. The lowest BCUT2D eigenvalue weighted by Crippen LogP contribution is -2.18. The Kier molecular flexibility index (Phi) is 7.81. The number of rotatable bonds is 10. The normalized spacial score (nSPS) is 14.0. The number of amides is 1. The van der Waals surface area contributed by atoms with Crippen LogP contribution >= 0.6 is 0 Å². The molecule has 1 unspecified atom stereocenters. The average molecular weight is 568 g/mol. The third-order valence-electron chi connectivity index (χ3n) is 7.84. The Morgan fingerprint density at radius 1 is 1.12 bits per heavy atom. The number of carbonyl (C=O) groups is 1. The highest BCUT2D eigenvalue weighted by Crippen LogP contribution is 2.45. The van der Waals surface area contributed by atoms with Crippen molar-refractivity contribution in [1.29, 1.82) is 0 Å². The van der Waals surface area contributed by atoms with Gasteiger partial charge in [0.25, 0.3) is 0 Å². The summed E-state index contributed by atoms with van der Waals surface area (Å²) in [7, 11) is 0. The number of ether oxygens (including phenoxy) is 2. The zero-order chi connectivity index (χ0) is 29.1. The number of nitrogen functional groups attached to an aromatic ring is 1. The highest BCUT2D eigenvalue weighted by molar-refractivity contribution is 6.01. The maximum absolute atomic E-state index is 13.2. The second-order valence-electron chi connectivity index (χ2n) is 10.7. The molecule has 1 fully saturated rings. The zero-order valence-corrected chi connectivity index (χ0v) is 23.5. The number of benzene rings is 3. The summed E-state index contributed by atoms with van der Waals surface area (Å²) < 4.78 is 29.0. The Morgan fingerprint density at radius 3 is 2.60 bits per heavy atom. The Hall–Kier alpha value is -4.79. The molecule has 3 N–H and O–H groups in total. The SMILES string of the molecule is CC(OC(=O)Nc1ccc(-c2c(N)c3ccc(OCCCn4cccn4)cc3n2C2CCC2)cc1)c1ccc(F)cc1. The monoisotopic (exact) mass is 567 g/mol. The molecule has 0 bridgehead atoms. The molecule has 0 saturated heterocycles. The van der Waals surface area contributed by atoms with Gasteiger partial charge in [-0.2, -0.15) is 5.10 Å². The van der Waals surface area contributed by atoms with Crippen molar-refractivity contribution in [3.63, 3.8) is 0 Å². The number of nitrogens with two attached hydrogens (primary N) is 1. The topological polar surface area (TPSA) is 96.3 Å². The number of nitrogens with zero attached hydrogens (tertiary/aromatic N) is 3. The summed E-state index contributed by atoms with van der Waals surface area (Å²) in [5.41, 5.74) is 11.8. The zero-order valence-electron chi connectivity index (χ0n) is 23.5. The van der Waals surface area contributed by atoms with Gasteiger partial charge in [-0.3, -0.25) is 10.00 Å². The summed E-state index contributed by atoms with van der Waals surface area (Å²) in [5, 5.41) is 8.02. The first kappa shape index (κ1) is 27.4. The molecule has 6 rings (SSSR count). The molecule has 1 aliphatic rings. The van der Waals surface area contributed by atoms with Gasteiger partial charge in [0.1, 0.15) is 17.7 Å². The molecule has 0 spiro atoms. The number of hydrogen-bond donors (Lipinski definition) is 2. The maximum atomic E-state index is 13.2. The lowest BCUT2D eigenvalue weighted by molar-refractivity contribution is 0.121. The summed E-state index contributed by atoms with van der Waals surface area (Å²) >= 11 is 0. The van der Waals surface area contributed by atoms with Crippen LogP contribution in [0.15, 0.2) is 85.2 Å².